The van der Waals surface area contributed by atoms with E-state index in [0.717, 1.165) is 17.3 Å². The minimum absolute atomic E-state index is 0.112. The van der Waals surface area contributed by atoms with Gasteiger partial charge in [-0.25, -0.2) is 9.78 Å². The van der Waals surface area contributed by atoms with Gasteiger partial charge in [-0.05, 0) is 54.6 Å². The second-order valence-electron chi connectivity index (χ2n) is 5.71. The maximum Gasteiger partial charge on any atom is 0.342 e. The van der Waals surface area contributed by atoms with Gasteiger partial charge in [0.25, 0.3) is 0 Å². The summed E-state index contributed by atoms with van der Waals surface area (Å²) in [5, 5.41) is 17.5. The molecule has 2 aromatic carbocycles. The van der Waals surface area contributed by atoms with Crippen molar-refractivity contribution in [1.82, 2.24) is 15.2 Å². The third kappa shape index (κ3) is 5.51. The Morgan fingerprint density at radius 3 is 2.61 bits per heavy atom. The van der Waals surface area contributed by atoms with Crippen molar-refractivity contribution in [1.29, 1.82) is 0 Å². The lowest BCUT2D eigenvalue weighted by Gasteiger charge is -2.08. The average molecular weight is 436 g/mol. The summed E-state index contributed by atoms with van der Waals surface area (Å²) >= 11 is 13.0. The van der Waals surface area contributed by atoms with Gasteiger partial charge in [0, 0.05) is 15.6 Å². The molecule has 2 N–H and O–H groups in total. The number of carbonyl (C=O) groups is 1. The molecular weight excluding hydrogens is 421 g/mol. The van der Waals surface area contributed by atoms with Crippen LogP contribution in [0.1, 0.15) is 17.0 Å². The predicted octanol–water partition coefficient (Wildman–Crippen LogP) is 5.22. The Hall–Kier alpha value is -2.48. The maximum absolute atomic E-state index is 11.5. The molecule has 9 heteroatoms. The van der Waals surface area contributed by atoms with Gasteiger partial charge in [0.05, 0.1) is 0 Å². The number of aromatic amines is 1. The topological polar surface area (TPSA) is 88.1 Å². The van der Waals surface area contributed by atoms with Crippen LogP contribution in [-0.2, 0) is 11.4 Å². The van der Waals surface area contributed by atoms with Crippen LogP contribution >= 0.6 is 35.0 Å². The van der Waals surface area contributed by atoms with Crippen LogP contribution in [0.4, 0.5) is 0 Å². The number of thioether (sulfide) groups is 1. The molecule has 0 bridgehead atoms. The van der Waals surface area contributed by atoms with Gasteiger partial charge in [0.1, 0.15) is 23.1 Å². The Balaban J connectivity index is 1.68. The van der Waals surface area contributed by atoms with Crippen LogP contribution in [0, 0.1) is 6.92 Å². The molecule has 0 saturated heterocycles. The van der Waals surface area contributed by atoms with Gasteiger partial charge in [-0.1, -0.05) is 41.4 Å². The monoisotopic (exact) mass is 435 g/mol. The summed E-state index contributed by atoms with van der Waals surface area (Å²) in [6.45, 7) is 2.04. The molecule has 0 aliphatic rings. The number of halogens is 2. The van der Waals surface area contributed by atoms with E-state index in [1.54, 1.807) is 49.4 Å². The minimum atomic E-state index is -1.05. The molecule has 0 saturated carbocycles. The molecular formula is C19H15Cl2N3O3S. The van der Waals surface area contributed by atoms with Crippen LogP contribution in [0.3, 0.4) is 0 Å². The number of carboxylic acids is 1. The van der Waals surface area contributed by atoms with Crippen molar-refractivity contribution in [2.45, 2.75) is 18.7 Å². The summed E-state index contributed by atoms with van der Waals surface area (Å²) in [4.78, 5) is 15.7. The number of H-pyrrole nitrogens is 1. The molecule has 0 radical (unpaired) electrons. The van der Waals surface area contributed by atoms with Crippen LogP contribution in [0.15, 0.2) is 52.5 Å². The Bertz CT molecular complexity index is 1020. The predicted molar refractivity (Wildman–Crippen MR) is 110 cm³/mol. The van der Waals surface area contributed by atoms with Crippen LogP contribution < -0.4 is 4.74 Å². The Labute approximate surface area is 175 Å². The molecule has 0 atom stereocenters. The summed E-state index contributed by atoms with van der Waals surface area (Å²) < 4.78 is 5.72. The number of aromatic nitrogens is 3. The molecule has 0 fully saturated rings. The van der Waals surface area contributed by atoms with E-state index in [4.69, 9.17) is 27.9 Å². The second-order valence-corrected chi connectivity index (χ2v) is 7.57. The number of aryl methyl sites for hydroxylation is 1. The lowest BCUT2D eigenvalue weighted by Crippen LogP contribution is -1.98. The lowest BCUT2D eigenvalue weighted by atomic mass is 10.2. The molecule has 28 heavy (non-hydrogen) atoms. The lowest BCUT2D eigenvalue weighted by molar-refractivity contribution is -0.131. The van der Waals surface area contributed by atoms with Crippen LogP contribution in [-0.4, -0.2) is 26.3 Å². The summed E-state index contributed by atoms with van der Waals surface area (Å²) in [5.41, 5.74) is 1.54. The molecule has 0 aliphatic heterocycles. The van der Waals surface area contributed by atoms with Gasteiger partial charge in [0.2, 0.25) is 5.16 Å². The summed E-state index contributed by atoms with van der Waals surface area (Å²) in [6, 6.07) is 12.3. The molecule has 3 aromatic rings. The van der Waals surface area contributed by atoms with Crippen molar-refractivity contribution in [2.24, 2.45) is 0 Å². The van der Waals surface area contributed by atoms with Gasteiger partial charge in [-0.3, -0.25) is 5.10 Å². The number of aliphatic carboxylic acids is 1. The van der Waals surface area contributed by atoms with Crippen molar-refractivity contribution in [3.05, 3.63) is 74.4 Å². The molecule has 1 heterocycles. The number of hydrogen-bond donors (Lipinski definition) is 2. The van der Waals surface area contributed by atoms with Crippen LogP contribution in [0.2, 0.25) is 10.0 Å². The first-order chi connectivity index (χ1) is 13.4. The van der Waals surface area contributed by atoms with Crippen molar-refractivity contribution in [2.75, 3.05) is 0 Å². The zero-order valence-corrected chi connectivity index (χ0v) is 17.0. The summed E-state index contributed by atoms with van der Waals surface area (Å²) in [6.07, 6.45) is 1.55. The van der Waals surface area contributed by atoms with E-state index < -0.39 is 5.97 Å². The number of rotatable bonds is 7. The third-order valence-corrected chi connectivity index (χ3v) is 5.04. The SMILES string of the molecule is Cc1nc(S/C(=C\c2ccc(OCc3ccc(Cl)cc3Cl)cc2)C(=O)O)n[nH]1. The molecule has 144 valence electrons. The molecule has 1 aromatic heterocycles. The highest BCUT2D eigenvalue weighted by Gasteiger charge is 2.13. The van der Waals surface area contributed by atoms with Crippen LogP contribution in [0.25, 0.3) is 6.08 Å². The first-order valence-electron chi connectivity index (χ1n) is 8.09. The largest absolute Gasteiger partial charge is 0.489 e. The van der Waals surface area contributed by atoms with Gasteiger partial charge < -0.3 is 9.84 Å². The van der Waals surface area contributed by atoms with Gasteiger partial charge in [-0.15, -0.1) is 5.10 Å². The fourth-order valence-electron chi connectivity index (χ4n) is 2.21. The summed E-state index contributed by atoms with van der Waals surface area (Å²) in [7, 11) is 0. The Morgan fingerprint density at radius 1 is 1.25 bits per heavy atom. The standard InChI is InChI=1S/C19H15Cl2N3O3S/c1-11-22-19(24-23-11)28-17(18(25)26)8-12-2-6-15(7-3-12)27-10-13-4-5-14(20)9-16(13)21/h2-9H,10H2,1H3,(H,25,26)(H,22,23,24)/b17-8-. The van der Waals surface area contributed by atoms with Gasteiger partial charge in [-0.2, -0.15) is 0 Å². The van der Waals surface area contributed by atoms with E-state index >= 15 is 0 Å². The van der Waals surface area contributed by atoms with Gasteiger partial charge >= 0.3 is 5.97 Å². The van der Waals surface area contributed by atoms with Crippen molar-refractivity contribution in [3.63, 3.8) is 0 Å². The molecule has 6 nitrogen and oxygen atoms in total. The highest BCUT2D eigenvalue weighted by atomic mass is 35.5. The first-order valence-corrected chi connectivity index (χ1v) is 9.66. The van der Waals surface area contributed by atoms with Gasteiger partial charge in [0.15, 0.2) is 0 Å². The fourth-order valence-corrected chi connectivity index (χ4v) is 3.43. The third-order valence-electron chi connectivity index (χ3n) is 3.58. The zero-order chi connectivity index (χ0) is 20.1. The second kappa shape index (κ2) is 9.14. The molecule has 0 aliphatic carbocycles. The molecule has 3 rings (SSSR count). The maximum atomic E-state index is 11.5. The van der Waals surface area contributed by atoms with E-state index in [9.17, 15) is 9.90 Å². The van der Waals surface area contributed by atoms with Crippen molar-refractivity contribution in [3.8, 4) is 5.75 Å². The normalized spacial score (nSPS) is 11.5. The smallest absolute Gasteiger partial charge is 0.342 e. The number of carboxylic acid groups (broad SMARTS) is 1. The van der Waals surface area contributed by atoms with E-state index in [0.29, 0.717) is 38.9 Å². The zero-order valence-electron chi connectivity index (χ0n) is 14.6. The molecule has 0 unspecified atom stereocenters. The van der Waals surface area contributed by atoms with E-state index in [-0.39, 0.29) is 4.91 Å². The number of nitrogens with zero attached hydrogens (tertiary/aromatic N) is 2. The number of ether oxygens (including phenoxy) is 1. The molecule has 0 amide bonds. The van der Waals surface area contributed by atoms with E-state index in [1.807, 2.05) is 6.07 Å². The fraction of sp³-hybridized carbons (Fsp3) is 0.105. The summed E-state index contributed by atoms with van der Waals surface area (Å²) in [5.74, 6) is 0.206. The van der Waals surface area contributed by atoms with E-state index in [2.05, 4.69) is 15.2 Å². The molecule has 0 spiro atoms. The minimum Gasteiger partial charge on any atom is -0.489 e. The Morgan fingerprint density at radius 2 is 2.00 bits per heavy atom. The van der Waals surface area contributed by atoms with E-state index in [1.165, 1.54) is 0 Å². The highest BCUT2D eigenvalue weighted by Crippen LogP contribution is 2.27. The highest BCUT2D eigenvalue weighted by molar-refractivity contribution is 8.04. The number of benzene rings is 2. The Kier molecular flexibility index (Phi) is 6.61. The number of hydrogen-bond acceptors (Lipinski definition) is 5. The van der Waals surface area contributed by atoms with Crippen molar-refractivity contribution >= 4 is 47.0 Å². The average Bonchev–Trinajstić information content (AvgIpc) is 3.06. The van der Waals surface area contributed by atoms with Crippen LogP contribution in [0.5, 0.6) is 5.75 Å². The number of nitrogens with one attached hydrogen (secondary N) is 1. The first kappa shape index (κ1) is 20.3. The quantitative estimate of drug-likeness (QED) is 0.390. The van der Waals surface area contributed by atoms with Crippen molar-refractivity contribution < 1.29 is 14.6 Å².